The van der Waals surface area contributed by atoms with Gasteiger partial charge in [-0.1, -0.05) is 17.7 Å². The summed E-state index contributed by atoms with van der Waals surface area (Å²) in [5.41, 5.74) is 0. The molecule has 0 aliphatic rings. The molecule has 0 saturated heterocycles. The molecule has 0 unspecified atom stereocenters. The maximum Gasteiger partial charge on any atom is 0.153 e. The standard InChI is InChI=1S/C8H6ClN3/c9-7-5-11-12(6-7)8-3-1-2-4-10-8/h1-6H. The normalized spacial score (nSPS) is 10.1. The summed E-state index contributed by atoms with van der Waals surface area (Å²) in [6, 6.07) is 5.62. The van der Waals surface area contributed by atoms with Crippen molar-refractivity contribution in [3.8, 4) is 5.82 Å². The molecule has 0 aliphatic heterocycles. The van der Waals surface area contributed by atoms with Crippen LogP contribution in [0, 0.1) is 0 Å². The Labute approximate surface area is 74.6 Å². The summed E-state index contributed by atoms with van der Waals surface area (Å²) in [5, 5.41) is 4.62. The van der Waals surface area contributed by atoms with Crippen LogP contribution >= 0.6 is 11.6 Å². The Morgan fingerprint density at radius 1 is 1.33 bits per heavy atom. The van der Waals surface area contributed by atoms with Crippen molar-refractivity contribution >= 4 is 11.6 Å². The summed E-state index contributed by atoms with van der Waals surface area (Å²) in [7, 11) is 0. The molecule has 0 atom stereocenters. The van der Waals surface area contributed by atoms with Crippen molar-refractivity contribution in [3.05, 3.63) is 41.8 Å². The van der Waals surface area contributed by atoms with Crippen LogP contribution in [-0.4, -0.2) is 14.8 Å². The fraction of sp³-hybridized carbons (Fsp3) is 0. The SMILES string of the molecule is Clc1cnn(-c2ccccn2)c1. The summed E-state index contributed by atoms with van der Waals surface area (Å²) in [5.74, 6) is 0.768. The minimum atomic E-state index is 0.612. The minimum absolute atomic E-state index is 0.612. The highest BCUT2D eigenvalue weighted by Crippen LogP contribution is 2.08. The quantitative estimate of drug-likeness (QED) is 0.670. The van der Waals surface area contributed by atoms with Gasteiger partial charge in [-0.3, -0.25) is 0 Å². The average Bonchev–Trinajstić information content (AvgIpc) is 2.54. The highest BCUT2D eigenvalue weighted by molar-refractivity contribution is 6.30. The summed E-state index contributed by atoms with van der Waals surface area (Å²) >= 11 is 5.70. The van der Waals surface area contributed by atoms with Gasteiger partial charge in [-0.25, -0.2) is 9.67 Å². The Kier molecular flexibility index (Phi) is 1.80. The van der Waals surface area contributed by atoms with Crippen molar-refractivity contribution in [3.63, 3.8) is 0 Å². The monoisotopic (exact) mass is 179 g/mol. The average molecular weight is 180 g/mol. The first-order valence-corrected chi connectivity index (χ1v) is 3.85. The molecule has 0 aliphatic carbocycles. The van der Waals surface area contributed by atoms with Gasteiger partial charge in [0.25, 0.3) is 0 Å². The minimum Gasteiger partial charge on any atom is -0.237 e. The molecule has 2 rings (SSSR count). The molecule has 0 amide bonds. The van der Waals surface area contributed by atoms with Crippen LogP contribution in [0.5, 0.6) is 0 Å². The first-order chi connectivity index (χ1) is 5.86. The Morgan fingerprint density at radius 3 is 2.83 bits per heavy atom. The lowest BCUT2D eigenvalue weighted by Crippen LogP contribution is -1.95. The van der Waals surface area contributed by atoms with E-state index in [0.29, 0.717) is 5.02 Å². The highest BCUT2D eigenvalue weighted by atomic mass is 35.5. The van der Waals surface area contributed by atoms with E-state index in [4.69, 9.17) is 11.6 Å². The lowest BCUT2D eigenvalue weighted by Gasteiger charge is -1.96. The smallest absolute Gasteiger partial charge is 0.153 e. The van der Waals surface area contributed by atoms with Crippen LogP contribution in [0.15, 0.2) is 36.8 Å². The van der Waals surface area contributed by atoms with Gasteiger partial charge in [-0.2, -0.15) is 5.10 Å². The van der Waals surface area contributed by atoms with E-state index in [1.54, 1.807) is 23.3 Å². The molecule has 2 aromatic heterocycles. The second-order valence-electron chi connectivity index (χ2n) is 2.29. The van der Waals surface area contributed by atoms with Gasteiger partial charge in [0.15, 0.2) is 5.82 Å². The molecule has 0 saturated carbocycles. The van der Waals surface area contributed by atoms with Crippen LogP contribution in [0.4, 0.5) is 0 Å². The van der Waals surface area contributed by atoms with Crippen LogP contribution in [0.25, 0.3) is 5.82 Å². The number of nitrogens with zero attached hydrogens (tertiary/aromatic N) is 3. The number of pyridine rings is 1. The predicted octanol–water partition coefficient (Wildman–Crippen LogP) is 1.92. The Morgan fingerprint density at radius 2 is 2.25 bits per heavy atom. The first kappa shape index (κ1) is 7.31. The highest BCUT2D eigenvalue weighted by Gasteiger charge is 1.97. The van der Waals surface area contributed by atoms with E-state index in [2.05, 4.69) is 10.1 Å². The first-order valence-electron chi connectivity index (χ1n) is 3.48. The van der Waals surface area contributed by atoms with E-state index < -0.39 is 0 Å². The van der Waals surface area contributed by atoms with Crippen molar-refractivity contribution in [2.24, 2.45) is 0 Å². The van der Waals surface area contributed by atoms with Crippen molar-refractivity contribution in [2.45, 2.75) is 0 Å². The Bertz CT molecular complexity index is 369. The topological polar surface area (TPSA) is 30.7 Å². The molecule has 2 heterocycles. The van der Waals surface area contributed by atoms with Gasteiger partial charge in [-0.15, -0.1) is 0 Å². The largest absolute Gasteiger partial charge is 0.237 e. The van der Waals surface area contributed by atoms with Crippen LogP contribution in [0.3, 0.4) is 0 Å². The van der Waals surface area contributed by atoms with Gasteiger partial charge < -0.3 is 0 Å². The van der Waals surface area contributed by atoms with E-state index in [-0.39, 0.29) is 0 Å². The van der Waals surface area contributed by atoms with E-state index in [1.165, 1.54) is 0 Å². The molecule has 0 spiro atoms. The lowest BCUT2D eigenvalue weighted by molar-refractivity contribution is 0.847. The van der Waals surface area contributed by atoms with Gasteiger partial charge in [0.2, 0.25) is 0 Å². The van der Waals surface area contributed by atoms with Gasteiger partial charge >= 0.3 is 0 Å². The van der Waals surface area contributed by atoms with Crippen LogP contribution in [0.1, 0.15) is 0 Å². The number of rotatable bonds is 1. The third-order valence-electron chi connectivity index (χ3n) is 1.44. The molecule has 0 radical (unpaired) electrons. The molecule has 0 aromatic carbocycles. The number of halogens is 1. The molecule has 3 nitrogen and oxygen atoms in total. The van der Waals surface area contributed by atoms with E-state index in [0.717, 1.165) is 5.82 Å². The van der Waals surface area contributed by atoms with Gasteiger partial charge in [0, 0.05) is 6.20 Å². The molecule has 60 valence electrons. The molecular formula is C8H6ClN3. The Balaban J connectivity index is 2.45. The summed E-state index contributed by atoms with van der Waals surface area (Å²) in [6.07, 6.45) is 5.01. The van der Waals surface area contributed by atoms with Gasteiger partial charge in [0.1, 0.15) is 0 Å². The number of hydrogen-bond donors (Lipinski definition) is 0. The van der Waals surface area contributed by atoms with Crippen LogP contribution in [-0.2, 0) is 0 Å². The van der Waals surface area contributed by atoms with Crippen LogP contribution < -0.4 is 0 Å². The maximum absolute atomic E-state index is 5.70. The van der Waals surface area contributed by atoms with Crippen molar-refractivity contribution in [1.29, 1.82) is 0 Å². The molecular weight excluding hydrogens is 174 g/mol. The number of aromatic nitrogens is 3. The zero-order valence-corrected chi connectivity index (χ0v) is 6.94. The molecule has 4 heteroatoms. The zero-order valence-electron chi connectivity index (χ0n) is 6.18. The molecule has 12 heavy (non-hydrogen) atoms. The van der Waals surface area contributed by atoms with E-state index in [1.807, 2.05) is 18.2 Å². The summed E-state index contributed by atoms with van der Waals surface area (Å²) < 4.78 is 1.63. The Hall–Kier alpha value is -1.35. The van der Waals surface area contributed by atoms with Crippen LogP contribution in [0.2, 0.25) is 5.02 Å². The molecule has 0 bridgehead atoms. The summed E-state index contributed by atoms with van der Waals surface area (Å²) in [4.78, 5) is 4.10. The second-order valence-corrected chi connectivity index (χ2v) is 2.73. The predicted molar refractivity (Wildman–Crippen MR) is 46.4 cm³/mol. The van der Waals surface area contributed by atoms with Gasteiger partial charge in [-0.05, 0) is 12.1 Å². The zero-order chi connectivity index (χ0) is 8.39. The maximum atomic E-state index is 5.70. The van der Waals surface area contributed by atoms with E-state index in [9.17, 15) is 0 Å². The lowest BCUT2D eigenvalue weighted by atomic mass is 10.5. The van der Waals surface area contributed by atoms with Crippen molar-refractivity contribution < 1.29 is 0 Å². The third kappa shape index (κ3) is 1.31. The second kappa shape index (κ2) is 2.95. The third-order valence-corrected chi connectivity index (χ3v) is 1.63. The van der Waals surface area contributed by atoms with E-state index >= 15 is 0 Å². The fourth-order valence-corrected chi connectivity index (χ4v) is 1.05. The molecule has 0 fully saturated rings. The molecule has 0 N–H and O–H groups in total. The molecule has 2 aromatic rings. The van der Waals surface area contributed by atoms with Gasteiger partial charge in [0.05, 0.1) is 17.4 Å². The van der Waals surface area contributed by atoms with Crippen molar-refractivity contribution in [1.82, 2.24) is 14.8 Å². The fourth-order valence-electron chi connectivity index (χ4n) is 0.915. The van der Waals surface area contributed by atoms with Crippen molar-refractivity contribution in [2.75, 3.05) is 0 Å². The number of hydrogen-bond acceptors (Lipinski definition) is 2. The summed E-state index contributed by atoms with van der Waals surface area (Å²) in [6.45, 7) is 0.